The van der Waals surface area contributed by atoms with Crippen LogP contribution in [0, 0.1) is 0 Å². The molecule has 0 fully saturated rings. The van der Waals surface area contributed by atoms with Crippen LogP contribution in [-0.2, 0) is 11.2 Å². The van der Waals surface area contributed by atoms with E-state index in [1.165, 1.54) is 28.8 Å². The van der Waals surface area contributed by atoms with Crippen LogP contribution in [0.4, 0.5) is 24.5 Å². The third-order valence-corrected chi connectivity index (χ3v) is 7.23. The van der Waals surface area contributed by atoms with Gasteiger partial charge in [-0.3, -0.25) is 9.69 Å². The minimum absolute atomic E-state index is 0.116. The van der Waals surface area contributed by atoms with Crippen LogP contribution in [0.3, 0.4) is 0 Å². The number of nitrogens with zero attached hydrogens (tertiary/aromatic N) is 3. The van der Waals surface area contributed by atoms with E-state index in [1.807, 2.05) is 0 Å². The van der Waals surface area contributed by atoms with Gasteiger partial charge in [-0.05, 0) is 55.5 Å². The maximum absolute atomic E-state index is 13.3. The highest BCUT2D eigenvalue weighted by Gasteiger charge is 2.42. The molecule has 0 radical (unpaired) electrons. The summed E-state index contributed by atoms with van der Waals surface area (Å²) in [4.78, 5) is 22.8. The van der Waals surface area contributed by atoms with Crippen LogP contribution >= 0.6 is 35.0 Å². The second kappa shape index (κ2) is 10.2. The van der Waals surface area contributed by atoms with Crippen LogP contribution in [0.5, 0.6) is 0 Å². The maximum atomic E-state index is 13.3. The lowest BCUT2D eigenvalue weighted by Crippen LogP contribution is -2.39. The quantitative estimate of drug-likeness (QED) is 0.359. The van der Waals surface area contributed by atoms with E-state index in [9.17, 15) is 18.0 Å². The van der Waals surface area contributed by atoms with Crippen molar-refractivity contribution in [2.75, 3.05) is 22.6 Å². The van der Waals surface area contributed by atoms with Crippen molar-refractivity contribution in [2.24, 2.45) is 9.98 Å². The fourth-order valence-corrected chi connectivity index (χ4v) is 5.43. The number of aliphatic imine (C=N–C) groups is 2. The first-order valence-electron chi connectivity index (χ1n) is 10.4. The first-order chi connectivity index (χ1) is 16.6. The fraction of sp³-hybridized carbons (Fsp3) is 0.261. The van der Waals surface area contributed by atoms with Crippen LogP contribution < -0.4 is 15.5 Å². The molecule has 0 saturated heterocycles. The second-order valence-corrected chi connectivity index (χ2v) is 9.57. The Morgan fingerprint density at radius 3 is 2.63 bits per heavy atom. The van der Waals surface area contributed by atoms with Crippen LogP contribution in [-0.4, -0.2) is 37.2 Å². The lowest BCUT2D eigenvalue weighted by Gasteiger charge is -2.29. The minimum Gasteiger partial charge on any atom is -0.324 e. The van der Waals surface area contributed by atoms with Gasteiger partial charge >= 0.3 is 6.18 Å². The summed E-state index contributed by atoms with van der Waals surface area (Å²) in [7, 11) is 0. The SMILES string of the molecule is C=NC(=NC1=C(C)C(=O)N(c2c(Cl)cccc2Cl)CS1)Nc1ccc2c(c1)CCNC2C(F)(F)F. The molecule has 4 rings (SSSR count). The number of hydrogen-bond acceptors (Lipinski definition) is 4. The van der Waals surface area contributed by atoms with Crippen LogP contribution in [0.25, 0.3) is 0 Å². The number of carbonyl (C=O) groups excluding carboxylic acids is 1. The highest BCUT2D eigenvalue weighted by Crippen LogP contribution is 2.40. The van der Waals surface area contributed by atoms with Gasteiger partial charge in [0, 0.05) is 17.8 Å². The summed E-state index contributed by atoms with van der Waals surface area (Å²) in [5.41, 5.74) is 2.10. The monoisotopic (exact) mass is 541 g/mol. The van der Waals surface area contributed by atoms with Gasteiger partial charge in [0.2, 0.25) is 5.96 Å². The summed E-state index contributed by atoms with van der Waals surface area (Å²) in [6.45, 7) is 5.37. The number of hydrogen-bond donors (Lipinski definition) is 2. The third kappa shape index (κ3) is 5.35. The van der Waals surface area contributed by atoms with Crippen molar-refractivity contribution in [2.45, 2.75) is 25.6 Å². The van der Waals surface area contributed by atoms with Crippen molar-refractivity contribution in [1.82, 2.24) is 5.32 Å². The zero-order chi connectivity index (χ0) is 25.3. The molecule has 0 spiro atoms. The van der Waals surface area contributed by atoms with Crippen molar-refractivity contribution >= 4 is 64.9 Å². The molecule has 0 bridgehead atoms. The van der Waals surface area contributed by atoms with Gasteiger partial charge in [-0.25, -0.2) is 9.98 Å². The summed E-state index contributed by atoms with van der Waals surface area (Å²) >= 11 is 13.8. The van der Waals surface area contributed by atoms with Gasteiger partial charge in [0.15, 0.2) is 0 Å². The highest BCUT2D eigenvalue weighted by molar-refractivity contribution is 8.03. The molecule has 0 saturated carbocycles. The van der Waals surface area contributed by atoms with Crippen molar-refractivity contribution in [3.05, 3.63) is 68.2 Å². The molecule has 35 heavy (non-hydrogen) atoms. The lowest BCUT2D eigenvalue weighted by atomic mass is 9.93. The molecule has 6 nitrogen and oxygen atoms in total. The Morgan fingerprint density at radius 2 is 1.97 bits per heavy atom. The summed E-state index contributed by atoms with van der Waals surface area (Å²) in [5.74, 6) is 0.0404. The molecule has 2 heterocycles. The normalized spacial score (nSPS) is 19.0. The minimum atomic E-state index is -4.38. The smallest absolute Gasteiger partial charge is 0.324 e. The molecule has 2 aromatic carbocycles. The first kappa shape index (κ1) is 25.6. The Hall–Kier alpha value is -2.53. The standard InChI is InChI=1S/C23H20Cl2F3N5OS/c1-12-20(35-11-33(21(12)34)18-16(24)4-3-5-17(18)25)32-22(29-2)31-14-6-7-15-13(10-14)8-9-30-19(15)23(26,27)28/h3-7,10,19,30H,2,8-9,11H2,1H3,(H,31,32). The number of carbonyl (C=O) groups is 1. The predicted octanol–water partition coefficient (Wildman–Crippen LogP) is 6.18. The van der Waals surface area contributed by atoms with Gasteiger partial charge in [0.25, 0.3) is 5.91 Å². The molecular formula is C23H20Cl2F3N5OS. The molecule has 12 heteroatoms. The predicted molar refractivity (Wildman–Crippen MR) is 137 cm³/mol. The first-order valence-corrected chi connectivity index (χ1v) is 12.2. The molecule has 1 unspecified atom stereocenters. The van der Waals surface area contributed by atoms with E-state index in [4.69, 9.17) is 23.2 Å². The average Bonchev–Trinajstić information content (AvgIpc) is 2.81. The zero-order valence-electron chi connectivity index (χ0n) is 18.4. The molecule has 2 aliphatic rings. The highest BCUT2D eigenvalue weighted by atomic mass is 35.5. The molecule has 0 aliphatic carbocycles. The summed E-state index contributed by atoms with van der Waals surface area (Å²) in [6, 6.07) is 7.94. The van der Waals surface area contributed by atoms with Crippen LogP contribution in [0.2, 0.25) is 10.0 Å². The lowest BCUT2D eigenvalue weighted by molar-refractivity contribution is -0.158. The number of amides is 1. The van der Waals surface area contributed by atoms with Crippen molar-refractivity contribution in [3.8, 4) is 0 Å². The van der Waals surface area contributed by atoms with Gasteiger partial charge in [-0.1, -0.05) is 47.1 Å². The van der Waals surface area contributed by atoms with Gasteiger partial charge in [0.05, 0.1) is 21.6 Å². The number of para-hydroxylation sites is 1. The third-order valence-electron chi connectivity index (χ3n) is 5.56. The van der Waals surface area contributed by atoms with E-state index in [2.05, 4.69) is 27.3 Å². The Kier molecular flexibility index (Phi) is 7.46. The topological polar surface area (TPSA) is 69.1 Å². The number of halogens is 5. The van der Waals surface area contributed by atoms with E-state index in [1.54, 1.807) is 31.2 Å². The molecular weight excluding hydrogens is 522 g/mol. The van der Waals surface area contributed by atoms with E-state index < -0.39 is 12.2 Å². The largest absolute Gasteiger partial charge is 0.407 e. The number of alkyl halides is 3. The van der Waals surface area contributed by atoms with Crippen molar-refractivity contribution < 1.29 is 18.0 Å². The van der Waals surface area contributed by atoms with Gasteiger partial charge < -0.3 is 10.6 Å². The fourth-order valence-electron chi connectivity index (χ4n) is 3.88. The van der Waals surface area contributed by atoms with Gasteiger partial charge in [-0.15, -0.1) is 0 Å². The molecule has 1 atom stereocenters. The number of benzene rings is 2. The molecule has 2 N–H and O–H groups in total. The van der Waals surface area contributed by atoms with E-state index >= 15 is 0 Å². The molecule has 2 aliphatic heterocycles. The van der Waals surface area contributed by atoms with Crippen molar-refractivity contribution in [3.63, 3.8) is 0 Å². The molecule has 184 valence electrons. The Morgan fingerprint density at radius 1 is 1.26 bits per heavy atom. The van der Waals surface area contributed by atoms with Crippen LogP contribution in [0.1, 0.15) is 24.1 Å². The number of guanidine groups is 1. The molecule has 1 amide bonds. The average molecular weight is 542 g/mol. The Balaban J connectivity index is 1.57. The molecule has 0 aromatic heterocycles. The summed E-state index contributed by atoms with van der Waals surface area (Å²) in [5, 5.41) is 6.64. The number of thioether (sulfide) groups is 1. The summed E-state index contributed by atoms with van der Waals surface area (Å²) < 4.78 is 40.0. The Labute approximate surface area is 214 Å². The van der Waals surface area contributed by atoms with Gasteiger partial charge in [0.1, 0.15) is 11.1 Å². The number of anilines is 2. The number of fused-ring (bicyclic) bond motifs is 1. The Bertz CT molecular complexity index is 1230. The van der Waals surface area contributed by atoms with E-state index in [0.29, 0.717) is 44.0 Å². The van der Waals surface area contributed by atoms with Crippen molar-refractivity contribution in [1.29, 1.82) is 0 Å². The second-order valence-electron chi connectivity index (χ2n) is 7.82. The maximum Gasteiger partial charge on any atom is 0.407 e. The molecule has 2 aromatic rings. The number of nitrogens with one attached hydrogen (secondary N) is 2. The van der Waals surface area contributed by atoms with Gasteiger partial charge in [-0.2, -0.15) is 13.2 Å². The zero-order valence-corrected chi connectivity index (χ0v) is 20.7. The number of rotatable bonds is 3. The van der Waals surface area contributed by atoms with E-state index in [0.717, 1.165) is 0 Å². The van der Waals surface area contributed by atoms with Crippen LogP contribution in [0.15, 0.2) is 57.0 Å². The summed E-state index contributed by atoms with van der Waals surface area (Å²) in [6.07, 6.45) is -3.92. The van der Waals surface area contributed by atoms with E-state index in [-0.39, 0.29) is 29.9 Å².